The van der Waals surface area contributed by atoms with Crippen LogP contribution in [0.4, 0.5) is 0 Å². The van der Waals surface area contributed by atoms with E-state index in [0.717, 1.165) is 24.8 Å². The minimum atomic E-state index is -1.09. The fourth-order valence-corrected chi connectivity index (χ4v) is 3.13. The highest BCUT2D eigenvalue weighted by Crippen LogP contribution is 2.29. The van der Waals surface area contributed by atoms with Crippen LogP contribution in [0.2, 0.25) is 0 Å². The molecule has 2 amide bonds. The summed E-state index contributed by atoms with van der Waals surface area (Å²) in [5.74, 6) is 5.74. The smallest absolute Gasteiger partial charge is 0.267 e. The van der Waals surface area contributed by atoms with Crippen LogP contribution in [0.1, 0.15) is 49.0 Å². The number of nitrogens with one attached hydrogen (secondary N) is 2. The molecule has 3 atom stereocenters. The first-order chi connectivity index (χ1) is 12.7. The van der Waals surface area contributed by atoms with Gasteiger partial charge in [-0.25, -0.2) is 5.48 Å². The summed E-state index contributed by atoms with van der Waals surface area (Å²) in [7, 11) is 0. The van der Waals surface area contributed by atoms with Gasteiger partial charge in [0.15, 0.2) is 0 Å². The van der Waals surface area contributed by atoms with Crippen molar-refractivity contribution in [2.24, 2.45) is 17.6 Å². The Morgan fingerprint density at radius 1 is 1.30 bits per heavy atom. The molecule has 1 aromatic carbocycles. The van der Waals surface area contributed by atoms with Gasteiger partial charge >= 0.3 is 0 Å². The second kappa shape index (κ2) is 9.00. The van der Waals surface area contributed by atoms with Gasteiger partial charge in [-0.3, -0.25) is 14.8 Å². The van der Waals surface area contributed by atoms with Gasteiger partial charge in [0, 0.05) is 29.2 Å². The molecule has 27 heavy (non-hydrogen) atoms. The highest BCUT2D eigenvalue weighted by Gasteiger charge is 2.33. The molecule has 0 aromatic heterocycles. The minimum absolute atomic E-state index is 0.219. The average molecular weight is 373 g/mol. The Balaban J connectivity index is 2.02. The number of aliphatic hydroxyl groups excluding tert-OH is 1. The zero-order valence-corrected chi connectivity index (χ0v) is 15.7. The molecule has 1 aromatic rings. The standard InChI is InChI=1S/C20H27N3O4/c1-20(2,21)17(19(26)23-27)22-18(25)16-9-7-13(8-10-16)3-4-14-5-6-15(11-14)12-24/h7-10,14-15,17,24,27H,5-6,11-12,21H2,1-2H3,(H,22,25)(H,23,26). The summed E-state index contributed by atoms with van der Waals surface area (Å²) in [5.41, 5.74) is 7.53. The number of hydrogen-bond acceptors (Lipinski definition) is 5. The number of rotatable bonds is 5. The molecule has 0 heterocycles. The van der Waals surface area contributed by atoms with Crippen LogP contribution in [0.25, 0.3) is 0 Å². The molecule has 1 fully saturated rings. The van der Waals surface area contributed by atoms with Gasteiger partial charge in [-0.05, 0) is 63.3 Å². The van der Waals surface area contributed by atoms with Crippen LogP contribution in [-0.2, 0) is 4.79 Å². The van der Waals surface area contributed by atoms with Gasteiger partial charge < -0.3 is 16.2 Å². The lowest BCUT2D eigenvalue weighted by Crippen LogP contribution is -2.61. The van der Waals surface area contributed by atoms with E-state index in [1.165, 1.54) is 5.48 Å². The van der Waals surface area contributed by atoms with E-state index in [1.54, 1.807) is 38.1 Å². The molecule has 146 valence electrons. The number of hydrogen-bond donors (Lipinski definition) is 5. The number of benzene rings is 1. The lowest BCUT2D eigenvalue weighted by Gasteiger charge is -2.29. The summed E-state index contributed by atoms with van der Waals surface area (Å²) in [6, 6.07) is 5.66. The van der Waals surface area contributed by atoms with Gasteiger partial charge in [0.25, 0.3) is 11.8 Å². The van der Waals surface area contributed by atoms with E-state index in [1.807, 2.05) is 0 Å². The average Bonchev–Trinajstić information content (AvgIpc) is 3.11. The molecule has 2 rings (SSSR count). The molecule has 1 saturated carbocycles. The zero-order chi connectivity index (χ0) is 20.0. The molecule has 0 spiro atoms. The second-order valence-corrected chi connectivity index (χ2v) is 7.61. The molecule has 7 nitrogen and oxygen atoms in total. The molecular weight excluding hydrogens is 346 g/mol. The number of nitrogens with two attached hydrogens (primary N) is 1. The van der Waals surface area contributed by atoms with Crippen molar-refractivity contribution in [3.63, 3.8) is 0 Å². The summed E-state index contributed by atoms with van der Waals surface area (Å²) in [6.07, 6.45) is 2.93. The molecule has 3 unspecified atom stereocenters. The Kier molecular flexibility index (Phi) is 6.97. The van der Waals surface area contributed by atoms with Crippen molar-refractivity contribution in [3.8, 4) is 11.8 Å². The summed E-state index contributed by atoms with van der Waals surface area (Å²) < 4.78 is 0. The quantitative estimate of drug-likeness (QED) is 0.296. The van der Waals surface area contributed by atoms with Gasteiger partial charge in [-0.1, -0.05) is 11.8 Å². The monoisotopic (exact) mass is 373 g/mol. The first-order valence-corrected chi connectivity index (χ1v) is 9.00. The molecule has 0 aliphatic heterocycles. The van der Waals surface area contributed by atoms with Gasteiger partial charge in [-0.2, -0.15) is 0 Å². The van der Waals surface area contributed by atoms with Crippen molar-refractivity contribution in [1.82, 2.24) is 10.8 Å². The van der Waals surface area contributed by atoms with E-state index in [4.69, 9.17) is 10.9 Å². The van der Waals surface area contributed by atoms with Gasteiger partial charge in [0.1, 0.15) is 6.04 Å². The third kappa shape index (κ3) is 5.79. The molecule has 6 N–H and O–H groups in total. The van der Waals surface area contributed by atoms with Crippen molar-refractivity contribution in [1.29, 1.82) is 0 Å². The van der Waals surface area contributed by atoms with Crippen molar-refractivity contribution in [2.45, 2.75) is 44.7 Å². The van der Waals surface area contributed by atoms with Crippen LogP contribution in [0.5, 0.6) is 0 Å². The van der Waals surface area contributed by atoms with E-state index in [-0.39, 0.29) is 6.61 Å². The molecule has 0 radical (unpaired) electrons. The third-order valence-electron chi connectivity index (χ3n) is 4.76. The second-order valence-electron chi connectivity index (χ2n) is 7.61. The van der Waals surface area contributed by atoms with Crippen LogP contribution in [0.3, 0.4) is 0 Å². The van der Waals surface area contributed by atoms with E-state index in [0.29, 0.717) is 17.4 Å². The number of amides is 2. The first-order valence-electron chi connectivity index (χ1n) is 9.00. The van der Waals surface area contributed by atoms with Gasteiger partial charge in [0.2, 0.25) is 0 Å². The summed E-state index contributed by atoms with van der Waals surface area (Å²) in [5, 5.41) is 20.6. The topological polar surface area (TPSA) is 125 Å². The molecule has 1 aliphatic carbocycles. The number of carbonyl (C=O) groups is 2. The van der Waals surface area contributed by atoms with Crippen LogP contribution in [-0.4, -0.2) is 40.3 Å². The van der Waals surface area contributed by atoms with Crippen molar-refractivity contribution in [3.05, 3.63) is 35.4 Å². The predicted molar refractivity (Wildman–Crippen MR) is 101 cm³/mol. The summed E-state index contributed by atoms with van der Waals surface area (Å²) in [6.45, 7) is 3.38. The largest absolute Gasteiger partial charge is 0.396 e. The summed E-state index contributed by atoms with van der Waals surface area (Å²) in [4.78, 5) is 24.1. The highest BCUT2D eigenvalue weighted by molar-refractivity contribution is 5.97. The molecule has 7 heteroatoms. The number of aliphatic hydroxyl groups is 1. The third-order valence-corrected chi connectivity index (χ3v) is 4.76. The molecule has 0 saturated heterocycles. The van der Waals surface area contributed by atoms with Crippen LogP contribution in [0.15, 0.2) is 24.3 Å². The fourth-order valence-electron chi connectivity index (χ4n) is 3.13. The van der Waals surface area contributed by atoms with Crippen LogP contribution < -0.4 is 16.5 Å². The Bertz CT molecular complexity index is 728. The highest BCUT2D eigenvalue weighted by atomic mass is 16.5. The van der Waals surface area contributed by atoms with Crippen molar-refractivity contribution < 1.29 is 19.9 Å². The number of carbonyl (C=O) groups excluding carboxylic acids is 2. The fraction of sp³-hybridized carbons (Fsp3) is 0.500. The van der Waals surface area contributed by atoms with Gasteiger partial charge in [0.05, 0.1) is 0 Å². The van der Waals surface area contributed by atoms with Crippen LogP contribution in [0, 0.1) is 23.7 Å². The Hall–Kier alpha value is -2.40. The minimum Gasteiger partial charge on any atom is -0.396 e. The lowest BCUT2D eigenvalue weighted by atomic mass is 9.95. The SMILES string of the molecule is CC(C)(N)C(NC(=O)c1ccc(C#CC2CCC(CO)C2)cc1)C(=O)NO. The predicted octanol–water partition coefficient (Wildman–Crippen LogP) is 0.788. The Morgan fingerprint density at radius 3 is 2.48 bits per heavy atom. The lowest BCUT2D eigenvalue weighted by molar-refractivity contribution is -0.132. The molecular formula is C20H27N3O4. The maximum Gasteiger partial charge on any atom is 0.267 e. The van der Waals surface area contributed by atoms with E-state index < -0.39 is 23.4 Å². The van der Waals surface area contributed by atoms with Gasteiger partial charge in [-0.15, -0.1) is 0 Å². The zero-order valence-electron chi connectivity index (χ0n) is 15.7. The van der Waals surface area contributed by atoms with E-state index >= 15 is 0 Å². The summed E-state index contributed by atoms with van der Waals surface area (Å²) >= 11 is 0. The first kappa shape index (κ1) is 20.9. The Morgan fingerprint density at radius 2 is 1.96 bits per heavy atom. The van der Waals surface area contributed by atoms with Crippen molar-refractivity contribution in [2.75, 3.05) is 6.61 Å². The molecule has 0 bridgehead atoms. The Labute approximate surface area is 159 Å². The maximum absolute atomic E-state index is 12.4. The van der Waals surface area contributed by atoms with Crippen molar-refractivity contribution >= 4 is 11.8 Å². The molecule has 1 aliphatic rings. The maximum atomic E-state index is 12.4. The van der Waals surface area contributed by atoms with Crippen LogP contribution >= 0.6 is 0 Å². The van der Waals surface area contributed by atoms with E-state index in [9.17, 15) is 14.7 Å². The normalized spacial score (nSPS) is 20.3. The number of hydroxylamine groups is 1. The van der Waals surface area contributed by atoms with E-state index in [2.05, 4.69) is 17.2 Å².